The summed E-state index contributed by atoms with van der Waals surface area (Å²) >= 11 is 6.17. The number of allylic oxidation sites excluding steroid dienone is 2. The lowest BCUT2D eigenvalue weighted by Crippen LogP contribution is -2.45. The fourth-order valence-electron chi connectivity index (χ4n) is 8.71. The fourth-order valence-corrected chi connectivity index (χ4v) is 8.88. The van der Waals surface area contributed by atoms with Crippen molar-refractivity contribution in [2.75, 3.05) is 19.1 Å². The van der Waals surface area contributed by atoms with Crippen molar-refractivity contribution in [2.24, 2.45) is 11.8 Å². The Morgan fingerprint density at radius 1 is 0.647 bits per heavy atom. The van der Waals surface area contributed by atoms with Gasteiger partial charge in [-0.05, 0) is 69.8 Å². The van der Waals surface area contributed by atoms with E-state index in [1.165, 1.54) is 12.1 Å². The number of nitro benzene ring substituents is 1. The van der Waals surface area contributed by atoms with Crippen molar-refractivity contribution in [3.8, 4) is 11.5 Å². The maximum Gasteiger partial charge on any atom is 0.294 e. The second-order valence-electron chi connectivity index (χ2n) is 12.7. The fraction of sp³-hybridized carbons (Fsp3) is 0.146. The second-order valence-corrected chi connectivity index (χ2v) is 13.2. The average molecular weight is 697 g/mol. The van der Waals surface area contributed by atoms with E-state index in [-0.39, 0.29) is 16.5 Å². The van der Waals surface area contributed by atoms with Gasteiger partial charge < -0.3 is 9.47 Å². The molecule has 0 aromatic heterocycles. The Bertz CT molecular complexity index is 2160. The van der Waals surface area contributed by atoms with Crippen LogP contribution in [0.25, 0.3) is 11.1 Å². The van der Waals surface area contributed by atoms with Gasteiger partial charge in [-0.3, -0.25) is 24.5 Å². The normalized spacial score (nSPS) is 23.5. The van der Waals surface area contributed by atoms with Crippen molar-refractivity contribution < 1.29 is 28.8 Å². The van der Waals surface area contributed by atoms with E-state index in [1.807, 2.05) is 60.7 Å². The molecule has 0 unspecified atom stereocenters. The van der Waals surface area contributed by atoms with E-state index in [4.69, 9.17) is 21.1 Å². The number of methoxy groups -OCH3 is 2. The van der Waals surface area contributed by atoms with E-state index >= 15 is 14.4 Å². The van der Waals surface area contributed by atoms with Gasteiger partial charge in [-0.2, -0.15) is 0 Å². The minimum Gasteiger partial charge on any atom is -0.497 e. The number of nitrogens with zero attached hydrogens (tertiary/aromatic N) is 2. The van der Waals surface area contributed by atoms with Crippen molar-refractivity contribution in [3.05, 3.63) is 165 Å². The SMILES string of the molecule is COc1ccc(C2=C(c3ccc(OC)cc3)[C@@]3(c4ccccc4)C(=O)[C@@]2(c2ccccc2)[C@@H]2C(=O)N(c4ccc(Cl)cc4[N+](=O)[O-])C(=O)[C@@H]23)cc1. The first-order valence-corrected chi connectivity index (χ1v) is 16.6. The van der Waals surface area contributed by atoms with Gasteiger partial charge in [-0.15, -0.1) is 0 Å². The number of anilines is 1. The van der Waals surface area contributed by atoms with Crippen LogP contribution < -0.4 is 14.4 Å². The first kappa shape index (κ1) is 32.2. The number of hydrogen-bond donors (Lipinski definition) is 0. The van der Waals surface area contributed by atoms with Crippen LogP contribution in [0.3, 0.4) is 0 Å². The van der Waals surface area contributed by atoms with Gasteiger partial charge in [0.2, 0.25) is 11.8 Å². The zero-order valence-electron chi connectivity index (χ0n) is 27.4. The maximum absolute atomic E-state index is 16.1. The number of amides is 2. The minimum absolute atomic E-state index is 0.0757. The average Bonchev–Trinajstić information content (AvgIpc) is 3.67. The third-order valence-electron chi connectivity index (χ3n) is 10.6. The number of carbonyl (C=O) groups is 3. The molecular formula is C41H29ClN2O7. The van der Waals surface area contributed by atoms with Crippen LogP contribution in [0, 0.1) is 22.0 Å². The lowest BCUT2D eigenvalue weighted by atomic mass is 9.59. The monoisotopic (exact) mass is 696 g/mol. The molecule has 2 amide bonds. The van der Waals surface area contributed by atoms with E-state index in [1.54, 1.807) is 62.8 Å². The smallest absolute Gasteiger partial charge is 0.294 e. The second kappa shape index (κ2) is 11.8. The highest BCUT2D eigenvalue weighted by Gasteiger charge is 2.83. The summed E-state index contributed by atoms with van der Waals surface area (Å²) in [7, 11) is 3.12. The van der Waals surface area contributed by atoms with Crippen LogP contribution >= 0.6 is 11.6 Å². The molecule has 1 saturated heterocycles. The topological polar surface area (TPSA) is 116 Å². The van der Waals surface area contributed by atoms with Crippen molar-refractivity contribution in [1.29, 1.82) is 0 Å². The van der Waals surface area contributed by atoms with E-state index in [0.717, 1.165) is 11.0 Å². The number of nitro groups is 1. The Kier molecular flexibility index (Phi) is 7.43. The molecule has 0 radical (unpaired) electrons. The number of rotatable bonds is 8. The number of ether oxygens (including phenoxy) is 2. The Morgan fingerprint density at radius 2 is 1.08 bits per heavy atom. The number of halogens is 1. The molecule has 4 atom stereocenters. The summed E-state index contributed by atoms with van der Waals surface area (Å²) in [5, 5.41) is 12.4. The van der Waals surface area contributed by atoms with Crippen LogP contribution in [0.15, 0.2) is 127 Å². The lowest BCUT2D eigenvalue weighted by Gasteiger charge is -2.39. The van der Waals surface area contributed by atoms with Crippen LogP contribution in [0.5, 0.6) is 11.5 Å². The lowest BCUT2D eigenvalue weighted by molar-refractivity contribution is -0.384. The largest absolute Gasteiger partial charge is 0.497 e. The van der Waals surface area contributed by atoms with E-state index in [9.17, 15) is 10.1 Å². The summed E-state index contributed by atoms with van der Waals surface area (Å²) in [6, 6.07) is 36.5. The molecule has 2 aliphatic carbocycles. The number of carbonyl (C=O) groups excluding carboxylic acids is 3. The Labute approximate surface area is 297 Å². The first-order chi connectivity index (χ1) is 24.7. The van der Waals surface area contributed by atoms with Crippen molar-refractivity contribution >= 4 is 51.7 Å². The maximum atomic E-state index is 16.1. The third kappa shape index (κ3) is 4.24. The van der Waals surface area contributed by atoms with Gasteiger partial charge in [0.25, 0.3) is 5.69 Å². The summed E-state index contributed by atoms with van der Waals surface area (Å²) < 4.78 is 11.0. The molecule has 5 aromatic carbocycles. The molecule has 252 valence electrons. The molecule has 0 spiro atoms. The predicted octanol–water partition coefficient (Wildman–Crippen LogP) is 7.45. The molecule has 51 heavy (non-hydrogen) atoms. The molecule has 1 saturated carbocycles. The Morgan fingerprint density at radius 3 is 1.47 bits per heavy atom. The number of ketones is 1. The van der Waals surface area contributed by atoms with Gasteiger partial charge in [0.05, 0.1) is 41.8 Å². The molecule has 5 aromatic rings. The molecule has 9 nitrogen and oxygen atoms in total. The zero-order valence-corrected chi connectivity index (χ0v) is 28.2. The summed E-state index contributed by atoms with van der Waals surface area (Å²) in [5.41, 5.74) is -0.541. The Balaban J connectivity index is 1.54. The van der Waals surface area contributed by atoms with Crippen molar-refractivity contribution in [2.45, 2.75) is 10.8 Å². The molecular weight excluding hydrogens is 668 g/mol. The number of benzene rings is 5. The summed E-state index contributed by atoms with van der Waals surface area (Å²) in [5.74, 6) is -3.04. The molecule has 2 fully saturated rings. The van der Waals surface area contributed by atoms with E-state index < -0.39 is 45.1 Å². The quantitative estimate of drug-likeness (QED) is 0.0940. The van der Waals surface area contributed by atoms with E-state index in [2.05, 4.69) is 0 Å². The van der Waals surface area contributed by atoms with Crippen LogP contribution in [0.4, 0.5) is 11.4 Å². The molecule has 1 heterocycles. The van der Waals surface area contributed by atoms with Gasteiger partial charge in [0.1, 0.15) is 17.2 Å². The van der Waals surface area contributed by atoms with Gasteiger partial charge in [0, 0.05) is 11.1 Å². The van der Waals surface area contributed by atoms with Gasteiger partial charge in [0.15, 0.2) is 5.78 Å². The number of hydrogen-bond acceptors (Lipinski definition) is 7. The predicted molar refractivity (Wildman–Crippen MR) is 192 cm³/mol. The molecule has 10 heteroatoms. The zero-order chi connectivity index (χ0) is 35.7. The highest BCUT2D eigenvalue weighted by atomic mass is 35.5. The third-order valence-corrected chi connectivity index (χ3v) is 10.8. The van der Waals surface area contributed by atoms with E-state index in [0.29, 0.717) is 44.9 Å². The van der Waals surface area contributed by atoms with Crippen molar-refractivity contribution in [3.63, 3.8) is 0 Å². The molecule has 1 aliphatic heterocycles. The summed E-state index contributed by atoms with van der Waals surface area (Å²) in [6.07, 6.45) is 0. The van der Waals surface area contributed by atoms with Crippen LogP contribution in [-0.2, 0) is 25.2 Å². The van der Waals surface area contributed by atoms with Gasteiger partial charge in [-0.1, -0.05) is 96.5 Å². The highest BCUT2D eigenvalue weighted by molar-refractivity contribution is 6.39. The molecule has 8 rings (SSSR count). The first-order valence-electron chi connectivity index (χ1n) is 16.2. The van der Waals surface area contributed by atoms with Crippen LogP contribution in [-0.4, -0.2) is 36.7 Å². The summed E-state index contributed by atoms with van der Waals surface area (Å²) in [6.45, 7) is 0. The number of Topliss-reactive ketones (excluding diaryl/α,β-unsaturated/α-hetero) is 1. The molecule has 2 bridgehead atoms. The van der Waals surface area contributed by atoms with Gasteiger partial charge in [-0.25, -0.2) is 4.90 Å². The molecule has 0 N–H and O–H groups in total. The van der Waals surface area contributed by atoms with Crippen LogP contribution in [0.1, 0.15) is 22.3 Å². The highest BCUT2D eigenvalue weighted by Crippen LogP contribution is 2.74. The van der Waals surface area contributed by atoms with Gasteiger partial charge >= 0.3 is 0 Å². The molecule has 3 aliphatic rings. The number of fused-ring (bicyclic) bond motifs is 5. The summed E-state index contributed by atoms with van der Waals surface area (Å²) in [4.78, 5) is 59.0. The van der Waals surface area contributed by atoms with Crippen LogP contribution in [0.2, 0.25) is 5.02 Å². The minimum atomic E-state index is -1.69. The standard InChI is InChI=1S/C41H29ClN2O7/c1-50-29-18-13-24(14-19-29)33-34(25-15-20-30(51-2)21-16-25)41(27-11-7-4-8-12-27)36-35(40(33,39(41)47)26-9-5-3-6-10-26)37(45)43(38(36)46)31-22-17-28(42)23-32(31)44(48)49/h3-23,35-36H,1-2H3/t35-,36+,40-,41-/m1/s1. The number of imide groups is 1. The Hall–Kier alpha value is -6.06. The van der Waals surface area contributed by atoms with Crippen molar-refractivity contribution in [1.82, 2.24) is 0 Å².